The van der Waals surface area contributed by atoms with Crippen LogP contribution in [0, 0.1) is 0 Å². The highest BCUT2D eigenvalue weighted by Crippen LogP contribution is 2.37. The summed E-state index contributed by atoms with van der Waals surface area (Å²) in [4.78, 5) is 16.2. The van der Waals surface area contributed by atoms with E-state index in [0.717, 1.165) is 23.4 Å². The van der Waals surface area contributed by atoms with Crippen molar-refractivity contribution in [2.45, 2.75) is 12.7 Å². The van der Waals surface area contributed by atoms with Gasteiger partial charge in [-0.25, -0.2) is 13.2 Å². The second kappa shape index (κ2) is 9.06. The van der Waals surface area contributed by atoms with Gasteiger partial charge < -0.3 is 9.32 Å². The van der Waals surface area contributed by atoms with Crippen molar-refractivity contribution < 1.29 is 30.8 Å². The van der Waals surface area contributed by atoms with Crippen LogP contribution in [0.3, 0.4) is 0 Å². The Balaban J connectivity index is 1.40. The second-order valence-corrected chi connectivity index (χ2v) is 9.44. The third kappa shape index (κ3) is 5.53. The molecule has 0 atom stereocenters. The van der Waals surface area contributed by atoms with Gasteiger partial charge in [0.25, 0.3) is 0 Å². The minimum atomic E-state index is -4.57. The van der Waals surface area contributed by atoms with Gasteiger partial charge in [0.15, 0.2) is 5.82 Å². The third-order valence-electron chi connectivity index (χ3n) is 5.10. The Bertz CT molecular complexity index is 1270. The molecule has 15 heteroatoms. The average molecular weight is 499 g/mol. The van der Waals surface area contributed by atoms with Gasteiger partial charge in [-0.05, 0) is 17.7 Å². The van der Waals surface area contributed by atoms with E-state index in [1.165, 1.54) is 24.4 Å². The summed E-state index contributed by atoms with van der Waals surface area (Å²) in [5.74, 6) is -0.178. The highest BCUT2D eigenvalue weighted by Gasteiger charge is 2.35. The van der Waals surface area contributed by atoms with E-state index in [9.17, 15) is 26.4 Å². The number of hydrogen-bond acceptors (Lipinski definition) is 8. The summed E-state index contributed by atoms with van der Waals surface area (Å²) in [6, 6.07) is 4.75. The Morgan fingerprint density at radius 1 is 1.18 bits per heavy atom. The van der Waals surface area contributed by atoms with Crippen LogP contribution < -0.4 is 4.72 Å². The molecule has 3 heterocycles. The van der Waals surface area contributed by atoms with Gasteiger partial charge in [-0.2, -0.15) is 17.9 Å². The van der Waals surface area contributed by atoms with E-state index >= 15 is 0 Å². The standard InChI is InChI=1S/C19H20F3N7O4S/c1-34(31,32)26-16-4-5-29(25-16)18(30)28-8-6-27(7-9-28)11-13-2-3-15(19(20,21)22)14(10-13)17-24-23-12-33-17/h2-5,10,12H,6-9,11H2,1H3,(H,25,26). The van der Waals surface area contributed by atoms with Crippen molar-refractivity contribution in [2.24, 2.45) is 0 Å². The molecule has 0 radical (unpaired) electrons. The van der Waals surface area contributed by atoms with Gasteiger partial charge >= 0.3 is 12.2 Å². The quantitative estimate of drug-likeness (QED) is 0.566. The number of nitrogens with one attached hydrogen (secondary N) is 1. The molecule has 1 N–H and O–H groups in total. The van der Waals surface area contributed by atoms with Crippen LogP contribution in [0.15, 0.2) is 41.3 Å². The molecule has 1 aliphatic rings. The molecule has 0 aliphatic carbocycles. The normalized spacial score (nSPS) is 15.5. The highest BCUT2D eigenvalue weighted by atomic mass is 32.2. The van der Waals surface area contributed by atoms with Gasteiger partial charge in [0, 0.05) is 45.0 Å². The van der Waals surface area contributed by atoms with Crippen molar-refractivity contribution in [3.63, 3.8) is 0 Å². The Morgan fingerprint density at radius 3 is 2.53 bits per heavy atom. The van der Waals surface area contributed by atoms with Crippen LogP contribution in [0.5, 0.6) is 0 Å². The van der Waals surface area contributed by atoms with Crippen LogP contribution >= 0.6 is 0 Å². The number of anilines is 1. The monoisotopic (exact) mass is 499 g/mol. The van der Waals surface area contributed by atoms with E-state index in [-0.39, 0.29) is 17.3 Å². The van der Waals surface area contributed by atoms with Gasteiger partial charge in [-0.3, -0.25) is 9.62 Å². The van der Waals surface area contributed by atoms with Crippen LogP contribution in [-0.4, -0.2) is 76.7 Å². The predicted molar refractivity (Wildman–Crippen MR) is 113 cm³/mol. The number of halogens is 3. The number of piperazine rings is 1. The molecule has 3 aromatic rings. The minimum absolute atomic E-state index is 0.0360. The zero-order valence-electron chi connectivity index (χ0n) is 17.9. The molecule has 0 saturated carbocycles. The fraction of sp³-hybridized carbons (Fsp3) is 0.368. The molecule has 1 saturated heterocycles. The maximum Gasteiger partial charge on any atom is 0.417 e. The van der Waals surface area contributed by atoms with Crippen LogP contribution in [0.25, 0.3) is 11.5 Å². The lowest BCUT2D eigenvalue weighted by atomic mass is 10.0. The van der Waals surface area contributed by atoms with Crippen molar-refractivity contribution >= 4 is 21.9 Å². The van der Waals surface area contributed by atoms with Crippen molar-refractivity contribution in [3.8, 4) is 11.5 Å². The van der Waals surface area contributed by atoms with E-state index in [0.29, 0.717) is 38.3 Å². The molecule has 0 unspecified atom stereocenters. The molecule has 2 aromatic heterocycles. The molecule has 1 fully saturated rings. The van der Waals surface area contributed by atoms with E-state index in [1.54, 1.807) is 4.90 Å². The van der Waals surface area contributed by atoms with Gasteiger partial charge in [-0.1, -0.05) is 6.07 Å². The number of benzene rings is 1. The first-order chi connectivity index (χ1) is 16.0. The predicted octanol–water partition coefficient (Wildman–Crippen LogP) is 2.11. The number of aromatic nitrogens is 4. The number of hydrogen-bond donors (Lipinski definition) is 1. The summed E-state index contributed by atoms with van der Waals surface area (Å²) in [5, 5.41) is 11.0. The average Bonchev–Trinajstić information content (AvgIpc) is 3.44. The molecule has 34 heavy (non-hydrogen) atoms. The summed E-state index contributed by atoms with van der Waals surface area (Å²) >= 11 is 0. The van der Waals surface area contributed by atoms with Crippen LogP contribution in [0.2, 0.25) is 0 Å². The summed E-state index contributed by atoms with van der Waals surface area (Å²) < 4.78 is 71.0. The lowest BCUT2D eigenvalue weighted by Crippen LogP contribution is -2.49. The SMILES string of the molecule is CS(=O)(=O)Nc1ccn(C(=O)N2CCN(Cc3ccc(C(F)(F)F)c(-c4nnco4)c3)CC2)n1. The molecule has 11 nitrogen and oxygen atoms in total. The summed E-state index contributed by atoms with van der Waals surface area (Å²) in [6.45, 7) is 2.07. The van der Waals surface area contributed by atoms with Gasteiger partial charge in [0.1, 0.15) is 0 Å². The van der Waals surface area contributed by atoms with E-state index in [4.69, 9.17) is 4.42 Å². The van der Waals surface area contributed by atoms with E-state index in [2.05, 4.69) is 20.0 Å². The Kier molecular flexibility index (Phi) is 6.31. The third-order valence-corrected chi connectivity index (χ3v) is 5.68. The molecule has 182 valence electrons. The van der Waals surface area contributed by atoms with Crippen molar-refractivity contribution in [1.82, 2.24) is 29.8 Å². The fourth-order valence-electron chi connectivity index (χ4n) is 3.58. The van der Waals surface area contributed by atoms with Gasteiger partial charge in [0.05, 0.1) is 17.4 Å². The first-order valence-electron chi connectivity index (χ1n) is 10.0. The fourth-order valence-corrected chi connectivity index (χ4v) is 4.07. The molecule has 1 aromatic carbocycles. The van der Waals surface area contributed by atoms with Crippen molar-refractivity contribution in [1.29, 1.82) is 0 Å². The van der Waals surface area contributed by atoms with E-state index < -0.39 is 27.8 Å². The second-order valence-electron chi connectivity index (χ2n) is 7.69. The number of alkyl halides is 3. The molecule has 4 rings (SSSR count). The molecular formula is C19H20F3N7O4S. The number of carbonyl (C=O) groups excluding carboxylic acids is 1. The molecule has 0 bridgehead atoms. The maximum atomic E-state index is 13.4. The topological polar surface area (TPSA) is 126 Å². The number of carbonyl (C=O) groups is 1. The summed E-state index contributed by atoms with van der Waals surface area (Å²) in [6.07, 6.45) is -1.26. The zero-order valence-corrected chi connectivity index (χ0v) is 18.7. The van der Waals surface area contributed by atoms with Gasteiger partial charge in [-0.15, -0.1) is 15.3 Å². The largest absolute Gasteiger partial charge is 0.423 e. The highest BCUT2D eigenvalue weighted by molar-refractivity contribution is 7.92. The van der Waals surface area contributed by atoms with E-state index in [1.807, 2.05) is 4.90 Å². The van der Waals surface area contributed by atoms with Gasteiger partial charge in [0.2, 0.25) is 22.3 Å². The van der Waals surface area contributed by atoms with Crippen LogP contribution in [-0.2, 0) is 22.7 Å². The molecular weight excluding hydrogens is 479 g/mol. The first-order valence-corrected chi connectivity index (χ1v) is 11.9. The Morgan fingerprint density at radius 2 is 1.91 bits per heavy atom. The number of nitrogens with zero attached hydrogens (tertiary/aromatic N) is 6. The Labute approximate surface area is 192 Å². The molecule has 1 aliphatic heterocycles. The smallest absolute Gasteiger partial charge is 0.417 e. The Hall–Kier alpha value is -3.46. The summed E-state index contributed by atoms with van der Waals surface area (Å²) in [5.41, 5.74) is -0.419. The van der Waals surface area contributed by atoms with Crippen molar-refractivity contribution in [3.05, 3.63) is 48.0 Å². The molecule has 1 amide bonds. The first kappa shape index (κ1) is 23.7. The van der Waals surface area contributed by atoms with Crippen molar-refractivity contribution in [2.75, 3.05) is 37.2 Å². The zero-order chi connectivity index (χ0) is 24.5. The molecule has 0 spiro atoms. The van der Waals surface area contributed by atoms with Crippen LogP contribution in [0.1, 0.15) is 11.1 Å². The minimum Gasteiger partial charge on any atom is -0.423 e. The lowest BCUT2D eigenvalue weighted by Gasteiger charge is -2.34. The number of sulfonamides is 1. The van der Waals surface area contributed by atoms with Crippen LogP contribution in [0.4, 0.5) is 23.8 Å². The number of rotatable bonds is 5. The lowest BCUT2D eigenvalue weighted by molar-refractivity contribution is -0.137. The maximum absolute atomic E-state index is 13.4. The summed E-state index contributed by atoms with van der Waals surface area (Å²) in [7, 11) is -3.51. The number of amides is 1.